The maximum absolute atomic E-state index is 2.35. The molecule has 0 unspecified atom stereocenters. The van der Waals surface area contributed by atoms with Crippen LogP contribution < -0.4 is 0 Å². The van der Waals surface area contributed by atoms with Gasteiger partial charge < -0.3 is 0 Å². The predicted molar refractivity (Wildman–Crippen MR) is 101 cm³/mol. The average Bonchev–Trinajstić information content (AvgIpc) is 3.04. The quantitative estimate of drug-likeness (QED) is 0.594. The highest BCUT2D eigenvalue weighted by Gasteiger charge is 2.28. The van der Waals surface area contributed by atoms with Crippen molar-refractivity contribution in [2.24, 2.45) is 0 Å². The molecule has 0 aromatic heterocycles. The van der Waals surface area contributed by atoms with Gasteiger partial charge in [0.2, 0.25) is 0 Å². The third kappa shape index (κ3) is 3.84. The highest BCUT2D eigenvalue weighted by molar-refractivity contribution is 7.61. The Labute approximate surface area is 134 Å². The number of hydrogen-bond acceptors (Lipinski definition) is 0. The van der Waals surface area contributed by atoms with Crippen LogP contribution in [0.15, 0.2) is 109 Å². The Morgan fingerprint density at radius 2 is 0.545 bits per heavy atom. The standard InChI is InChI=1S/C21H21P/c1-2-8-14-19(13-7-1)22(20-15-9-3-4-10-16-20)21-17-11-5-6-12-18-21/h1-21H. The summed E-state index contributed by atoms with van der Waals surface area (Å²) in [5.74, 6) is 0. The molecule has 0 aliphatic heterocycles. The Kier molecular flexibility index (Phi) is 5.40. The van der Waals surface area contributed by atoms with Crippen LogP contribution in [0.4, 0.5) is 0 Å². The second-order valence-corrected chi connectivity index (χ2v) is 8.07. The lowest BCUT2D eigenvalue weighted by molar-refractivity contribution is 1.22. The summed E-state index contributed by atoms with van der Waals surface area (Å²) in [4.78, 5) is 0. The zero-order chi connectivity index (χ0) is 15.0. The Morgan fingerprint density at radius 1 is 0.318 bits per heavy atom. The third-order valence-electron chi connectivity index (χ3n) is 3.88. The molecule has 22 heavy (non-hydrogen) atoms. The summed E-state index contributed by atoms with van der Waals surface area (Å²) < 4.78 is 0. The molecular weight excluding hydrogens is 283 g/mol. The largest absolute Gasteiger partial charge is 0.0736 e. The summed E-state index contributed by atoms with van der Waals surface area (Å²) in [6.45, 7) is 0. The van der Waals surface area contributed by atoms with Gasteiger partial charge in [-0.05, 0) is 0 Å². The van der Waals surface area contributed by atoms with Gasteiger partial charge in [0.05, 0.1) is 0 Å². The normalized spacial score (nSPS) is 21.7. The first kappa shape index (κ1) is 15.0. The second-order valence-electron chi connectivity index (χ2n) is 5.38. The Bertz CT molecular complexity index is 496. The Hall–Kier alpha value is -1.91. The highest BCUT2D eigenvalue weighted by Crippen LogP contribution is 2.55. The molecule has 0 amide bonds. The molecule has 0 saturated carbocycles. The van der Waals surface area contributed by atoms with Crippen LogP contribution in [0.5, 0.6) is 0 Å². The van der Waals surface area contributed by atoms with Crippen molar-refractivity contribution in [2.75, 3.05) is 0 Å². The van der Waals surface area contributed by atoms with Crippen LogP contribution in [-0.4, -0.2) is 17.0 Å². The molecule has 0 nitrogen and oxygen atoms in total. The van der Waals surface area contributed by atoms with Gasteiger partial charge in [-0.1, -0.05) is 117 Å². The van der Waals surface area contributed by atoms with Gasteiger partial charge in [0.25, 0.3) is 0 Å². The van der Waals surface area contributed by atoms with Crippen molar-refractivity contribution in [1.82, 2.24) is 0 Å². The van der Waals surface area contributed by atoms with Crippen molar-refractivity contribution in [1.29, 1.82) is 0 Å². The fourth-order valence-corrected chi connectivity index (χ4v) is 5.82. The van der Waals surface area contributed by atoms with E-state index in [0.29, 0.717) is 17.0 Å². The molecule has 3 aliphatic rings. The predicted octanol–water partition coefficient (Wildman–Crippen LogP) is 5.62. The molecule has 0 aromatic carbocycles. The summed E-state index contributed by atoms with van der Waals surface area (Å²) in [5, 5.41) is 0. The minimum absolute atomic E-state index is 0.307. The van der Waals surface area contributed by atoms with Gasteiger partial charge in [-0.2, -0.15) is 0 Å². The lowest BCUT2D eigenvalue weighted by Gasteiger charge is -2.32. The van der Waals surface area contributed by atoms with E-state index in [4.69, 9.17) is 0 Å². The summed E-state index contributed by atoms with van der Waals surface area (Å²) in [7, 11) is -0.307. The van der Waals surface area contributed by atoms with E-state index in [-0.39, 0.29) is 7.92 Å². The molecule has 3 aliphatic carbocycles. The number of rotatable bonds is 3. The van der Waals surface area contributed by atoms with Crippen LogP contribution in [0.25, 0.3) is 0 Å². The van der Waals surface area contributed by atoms with E-state index in [0.717, 1.165) is 0 Å². The molecular formula is C21H21P. The molecule has 0 saturated heterocycles. The van der Waals surface area contributed by atoms with Crippen LogP contribution >= 0.6 is 7.92 Å². The van der Waals surface area contributed by atoms with Gasteiger partial charge in [-0.15, -0.1) is 0 Å². The maximum Gasteiger partial charge on any atom is 0.0172 e. The molecule has 0 atom stereocenters. The van der Waals surface area contributed by atoms with Crippen molar-refractivity contribution in [3.8, 4) is 0 Å². The maximum atomic E-state index is 2.35. The number of allylic oxidation sites excluding steroid dienone is 18. The van der Waals surface area contributed by atoms with E-state index < -0.39 is 0 Å². The second kappa shape index (κ2) is 7.92. The van der Waals surface area contributed by atoms with Crippen LogP contribution in [0, 0.1) is 0 Å². The molecule has 0 radical (unpaired) electrons. The zero-order valence-electron chi connectivity index (χ0n) is 12.6. The van der Waals surface area contributed by atoms with Crippen molar-refractivity contribution in [2.45, 2.75) is 17.0 Å². The molecule has 0 spiro atoms. The lowest BCUT2D eigenvalue weighted by Crippen LogP contribution is -2.16. The Balaban J connectivity index is 1.94. The summed E-state index contributed by atoms with van der Waals surface area (Å²) in [6, 6.07) is 0. The van der Waals surface area contributed by atoms with Gasteiger partial charge in [-0.25, -0.2) is 0 Å². The van der Waals surface area contributed by atoms with Crippen molar-refractivity contribution in [3.63, 3.8) is 0 Å². The van der Waals surface area contributed by atoms with Gasteiger partial charge in [0.1, 0.15) is 0 Å². The minimum Gasteiger partial charge on any atom is -0.0736 e. The van der Waals surface area contributed by atoms with E-state index in [9.17, 15) is 0 Å². The highest BCUT2D eigenvalue weighted by atomic mass is 31.1. The van der Waals surface area contributed by atoms with E-state index >= 15 is 0 Å². The molecule has 0 N–H and O–H groups in total. The summed E-state index contributed by atoms with van der Waals surface area (Å²) >= 11 is 0. The minimum atomic E-state index is -0.307. The molecule has 3 rings (SSSR count). The first-order valence-corrected chi connectivity index (χ1v) is 9.32. The summed E-state index contributed by atoms with van der Waals surface area (Å²) in [6.07, 6.45) is 39.9. The molecule has 0 bridgehead atoms. The monoisotopic (exact) mass is 304 g/mol. The van der Waals surface area contributed by atoms with Gasteiger partial charge in [0, 0.05) is 17.0 Å². The molecule has 0 aromatic rings. The zero-order valence-corrected chi connectivity index (χ0v) is 13.5. The van der Waals surface area contributed by atoms with E-state index in [2.05, 4.69) is 109 Å². The van der Waals surface area contributed by atoms with E-state index in [1.165, 1.54) is 0 Å². The molecule has 1 heteroatoms. The van der Waals surface area contributed by atoms with Gasteiger partial charge >= 0.3 is 0 Å². The van der Waals surface area contributed by atoms with Crippen molar-refractivity contribution in [3.05, 3.63) is 109 Å². The first-order chi connectivity index (χ1) is 10.9. The SMILES string of the molecule is C1=CC=CC(P(C2C=CC=CC=C2)C2C=CC=CC=C2)C=C1. The fraction of sp³-hybridized carbons (Fsp3) is 0.143. The summed E-state index contributed by atoms with van der Waals surface area (Å²) in [5.41, 5.74) is 1.46. The lowest BCUT2D eigenvalue weighted by atomic mass is 10.3. The molecule has 110 valence electrons. The molecule has 0 heterocycles. The van der Waals surface area contributed by atoms with Crippen LogP contribution in [0.3, 0.4) is 0 Å². The van der Waals surface area contributed by atoms with Gasteiger partial charge in [-0.3, -0.25) is 0 Å². The third-order valence-corrected chi connectivity index (χ3v) is 6.98. The topological polar surface area (TPSA) is 0 Å². The van der Waals surface area contributed by atoms with Crippen LogP contribution in [0.2, 0.25) is 0 Å². The Morgan fingerprint density at radius 3 is 0.773 bits per heavy atom. The van der Waals surface area contributed by atoms with Gasteiger partial charge in [0.15, 0.2) is 0 Å². The van der Waals surface area contributed by atoms with Crippen LogP contribution in [0.1, 0.15) is 0 Å². The first-order valence-electron chi connectivity index (χ1n) is 7.77. The van der Waals surface area contributed by atoms with E-state index in [1.807, 2.05) is 0 Å². The van der Waals surface area contributed by atoms with E-state index in [1.54, 1.807) is 0 Å². The average molecular weight is 304 g/mol. The number of hydrogen-bond donors (Lipinski definition) is 0. The van der Waals surface area contributed by atoms with Crippen molar-refractivity contribution < 1.29 is 0 Å². The van der Waals surface area contributed by atoms with Crippen molar-refractivity contribution >= 4 is 7.92 Å². The van der Waals surface area contributed by atoms with Crippen LogP contribution in [-0.2, 0) is 0 Å². The smallest absolute Gasteiger partial charge is 0.0172 e. The molecule has 0 fully saturated rings. The fourth-order valence-electron chi connectivity index (χ4n) is 2.84.